The highest BCUT2D eigenvalue weighted by Gasteiger charge is 2.27. The summed E-state index contributed by atoms with van der Waals surface area (Å²) >= 11 is 0. The minimum absolute atomic E-state index is 0.105. The molecule has 1 N–H and O–H groups in total. The van der Waals surface area contributed by atoms with Gasteiger partial charge in [0.1, 0.15) is 11.9 Å². The Morgan fingerprint density at radius 1 is 1.61 bits per heavy atom. The minimum Gasteiger partial charge on any atom is -0.377 e. The molecule has 0 aromatic carbocycles. The highest BCUT2D eigenvalue weighted by Crippen LogP contribution is 2.26. The Morgan fingerprint density at radius 2 is 2.39 bits per heavy atom. The maximum absolute atomic E-state index is 10.8. The summed E-state index contributed by atoms with van der Waals surface area (Å²) in [5.41, 5.74) is 0.495. The second-order valence-corrected chi connectivity index (χ2v) is 4.42. The van der Waals surface area contributed by atoms with E-state index in [0.29, 0.717) is 12.2 Å². The van der Waals surface area contributed by atoms with E-state index < -0.39 is 4.92 Å². The smallest absolute Gasteiger partial charge is 0.377 e. The van der Waals surface area contributed by atoms with Crippen molar-refractivity contribution in [2.75, 3.05) is 25.0 Å². The van der Waals surface area contributed by atoms with Crippen LogP contribution in [-0.4, -0.2) is 40.5 Å². The molecule has 1 saturated carbocycles. The number of nitrogens with one attached hydrogen (secondary N) is 1. The van der Waals surface area contributed by atoms with Crippen LogP contribution in [0.5, 0.6) is 0 Å². The summed E-state index contributed by atoms with van der Waals surface area (Å²) in [5.74, 6) is -0.105. The van der Waals surface area contributed by atoms with Crippen LogP contribution >= 0.6 is 0 Å². The first-order valence-corrected chi connectivity index (χ1v) is 6.29. The molecule has 0 radical (unpaired) electrons. The summed E-state index contributed by atoms with van der Waals surface area (Å²) in [6.45, 7) is 4.79. The van der Waals surface area contributed by atoms with Crippen LogP contribution in [0.15, 0.2) is 18.3 Å². The van der Waals surface area contributed by atoms with Gasteiger partial charge in [-0.1, -0.05) is 6.92 Å². The van der Waals surface area contributed by atoms with Crippen LogP contribution in [0.1, 0.15) is 19.8 Å². The van der Waals surface area contributed by atoms with Crippen LogP contribution in [0.2, 0.25) is 0 Å². The second-order valence-electron chi connectivity index (χ2n) is 4.42. The molecule has 0 spiro atoms. The first kappa shape index (κ1) is 12.8. The fourth-order valence-corrected chi connectivity index (χ4v) is 2.05. The Kier molecular flexibility index (Phi) is 4.09. The summed E-state index contributed by atoms with van der Waals surface area (Å²) in [5, 5.41) is 13.9. The number of anilines is 1. The lowest BCUT2D eigenvalue weighted by molar-refractivity contribution is -0.388. The van der Waals surface area contributed by atoms with Gasteiger partial charge in [0.15, 0.2) is 0 Å². The van der Waals surface area contributed by atoms with Crippen LogP contribution in [0.3, 0.4) is 0 Å². The molecule has 0 atom stereocenters. The van der Waals surface area contributed by atoms with Gasteiger partial charge in [0, 0.05) is 19.1 Å². The standard InChI is InChI=1S/C12H18N4O2/c1-2-15(10-5-6-10)9-8-13-11-4-3-7-14-12(11)16(17)18/h3-4,7,10,13H,2,5-6,8-9H2,1H3. The molecule has 1 aromatic rings. The average Bonchev–Trinajstić information content (AvgIpc) is 3.19. The zero-order valence-electron chi connectivity index (χ0n) is 10.5. The quantitative estimate of drug-likeness (QED) is 0.591. The number of nitrogens with zero attached hydrogens (tertiary/aromatic N) is 3. The molecular weight excluding hydrogens is 232 g/mol. The predicted octanol–water partition coefficient (Wildman–Crippen LogP) is 1.89. The number of pyridine rings is 1. The highest BCUT2D eigenvalue weighted by atomic mass is 16.6. The zero-order valence-corrected chi connectivity index (χ0v) is 10.5. The van der Waals surface area contributed by atoms with Crippen molar-refractivity contribution in [2.45, 2.75) is 25.8 Å². The molecular formula is C12H18N4O2. The second kappa shape index (κ2) is 5.77. The molecule has 0 amide bonds. The van der Waals surface area contributed by atoms with Crippen LogP contribution in [0.4, 0.5) is 11.5 Å². The van der Waals surface area contributed by atoms with Crippen LogP contribution in [0.25, 0.3) is 0 Å². The molecule has 1 fully saturated rings. The maximum atomic E-state index is 10.8. The lowest BCUT2D eigenvalue weighted by Gasteiger charge is -2.19. The fraction of sp³-hybridized carbons (Fsp3) is 0.583. The Labute approximate surface area is 106 Å². The molecule has 98 valence electrons. The fourth-order valence-electron chi connectivity index (χ4n) is 2.05. The van der Waals surface area contributed by atoms with E-state index >= 15 is 0 Å². The third kappa shape index (κ3) is 3.16. The number of rotatable bonds is 7. The van der Waals surface area contributed by atoms with E-state index in [4.69, 9.17) is 0 Å². The summed E-state index contributed by atoms with van der Waals surface area (Å²) < 4.78 is 0. The third-order valence-corrected chi connectivity index (χ3v) is 3.14. The molecule has 18 heavy (non-hydrogen) atoms. The van der Waals surface area contributed by atoms with Gasteiger partial charge >= 0.3 is 5.82 Å². The largest absolute Gasteiger partial charge is 0.386 e. The number of hydrogen-bond donors (Lipinski definition) is 1. The van der Waals surface area contributed by atoms with Gasteiger partial charge in [-0.05, 0) is 41.4 Å². The topological polar surface area (TPSA) is 71.3 Å². The van der Waals surface area contributed by atoms with Crippen molar-refractivity contribution in [3.05, 3.63) is 28.4 Å². The average molecular weight is 250 g/mol. The van der Waals surface area contributed by atoms with E-state index in [-0.39, 0.29) is 5.82 Å². The molecule has 1 aromatic heterocycles. The SMILES string of the molecule is CCN(CCNc1cccnc1[N+](=O)[O-])C1CC1. The van der Waals surface area contributed by atoms with E-state index in [2.05, 4.69) is 22.1 Å². The molecule has 6 heteroatoms. The first-order chi connectivity index (χ1) is 8.72. The van der Waals surface area contributed by atoms with Gasteiger partial charge in [0.2, 0.25) is 0 Å². The van der Waals surface area contributed by atoms with Crippen molar-refractivity contribution in [3.63, 3.8) is 0 Å². The van der Waals surface area contributed by atoms with Crippen molar-refractivity contribution in [3.8, 4) is 0 Å². The van der Waals surface area contributed by atoms with E-state index in [0.717, 1.165) is 19.1 Å². The van der Waals surface area contributed by atoms with Gasteiger partial charge in [-0.2, -0.15) is 0 Å². The van der Waals surface area contributed by atoms with E-state index in [1.165, 1.54) is 19.0 Å². The Morgan fingerprint density at radius 3 is 3.00 bits per heavy atom. The summed E-state index contributed by atoms with van der Waals surface area (Å²) in [6, 6.07) is 4.12. The molecule has 2 rings (SSSR count). The summed E-state index contributed by atoms with van der Waals surface area (Å²) in [7, 11) is 0. The monoisotopic (exact) mass is 250 g/mol. The first-order valence-electron chi connectivity index (χ1n) is 6.29. The molecule has 0 aliphatic heterocycles. The van der Waals surface area contributed by atoms with E-state index in [1.54, 1.807) is 12.1 Å². The maximum Gasteiger partial charge on any atom is 0.386 e. The van der Waals surface area contributed by atoms with Crippen LogP contribution in [-0.2, 0) is 0 Å². The number of likely N-dealkylation sites (N-methyl/N-ethyl adjacent to an activating group) is 1. The van der Waals surface area contributed by atoms with Gasteiger partial charge < -0.3 is 15.4 Å². The Bertz CT molecular complexity index is 420. The third-order valence-electron chi connectivity index (χ3n) is 3.14. The minimum atomic E-state index is -0.458. The van der Waals surface area contributed by atoms with Crippen molar-refractivity contribution in [1.29, 1.82) is 0 Å². The van der Waals surface area contributed by atoms with Crippen molar-refractivity contribution in [1.82, 2.24) is 9.88 Å². The number of nitro groups is 1. The van der Waals surface area contributed by atoms with Gasteiger partial charge in [0.05, 0.1) is 0 Å². The van der Waals surface area contributed by atoms with Crippen molar-refractivity contribution < 1.29 is 4.92 Å². The molecule has 1 aliphatic carbocycles. The van der Waals surface area contributed by atoms with E-state index in [1.807, 2.05) is 0 Å². The highest BCUT2D eigenvalue weighted by molar-refractivity contribution is 5.56. The summed E-state index contributed by atoms with van der Waals surface area (Å²) in [6.07, 6.45) is 3.99. The normalized spacial score (nSPS) is 14.8. The molecule has 6 nitrogen and oxygen atoms in total. The Balaban J connectivity index is 1.87. The molecule has 1 heterocycles. The molecule has 0 unspecified atom stereocenters. The lowest BCUT2D eigenvalue weighted by Crippen LogP contribution is -2.31. The van der Waals surface area contributed by atoms with Gasteiger partial charge in [-0.25, -0.2) is 0 Å². The van der Waals surface area contributed by atoms with Crippen LogP contribution < -0.4 is 5.32 Å². The number of hydrogen-bond acceptors (Lipinski definition) is 5. The Hall–Kier alpha value is -1.69. The van der Waals surface area contributed by atoms with E-state index in [9.17, 15) is 10.1 Å². The van der Waals surface area contributed by atoms with Gasteiger partial charge in [-0.15, -0.1) is 0 Å². The molecule has 0 bridgehead atoms. The number of aromatic nitrogens is 1. The summed E-state index contributed by atoms with van der Waals surface area (Å²) in [4.78, 5) is 16.5. The zero-order chi connectivity index (χ0) is 13.0. The molecule has 1 aliphatic rings. The van der Waals surface area contributed by atoms with Crippen molar-refractivity contribution in [2.24, 2.45) is 0 Å². The van der Waals surface area contributed by atoms with Crippen molar-refractivity contribution >= 4 is 11.5 Å². The van der Waals surface area contributed by atoms with Gasteiger partial charge in [0.25, 0.3) is 0 Å². The lowest BCUT2D eigenvalue weighted by atomic mass is 10.3. The predicted molar refractivity (Wildman–Crippen MR) is 69.7 cm³/mol. The molecule has 0 saturated heterocycles. The van der Waals surface area contributed by atoms with Crippen LogP contribution in [0, 0.1) is 10.1 Å². The van der Waals surface area contributed by atoms with Gasteiger partial charge in [-0.3, -0.25) is 4.90 Å².